The number of benzene rings is 1. The van der Waals surface area contributed by atoms with Gasteiger partial charge in [-0.05, 0) is 0 Å². The average Bonchev–Trinajstić information content (AvgIpc) is 2.27. The SMILES string of the molecule is CC(CC(=O)O)C(=O)c1cccc([N+](=O)[O-])c1. The maximum absolute atomic E-state index is 11.8. The van der Waals surface area contributed by atoms with E-state index in [1.54, 1.807) is 0 Å². The van der Waals surface area contributed by atoms with E-state index in [-0.39, 0.29) is 17.7 Å². The van der Waals surface area contributed by atoms with Crippen molar-refractivity contribution in [3.63, 3.8) is 0 Å². The second-order valence-electron chi connectivity index (χ2n) is 3.67. The largest absolute Gasteiger partial charge is 0.481 e. The maximum atomic E-state index is 11.8. The molecule has 0 saturated carbocycles. The summed E-state index contributed by atoms with van der Waals surface area (Å²) in [5.41, 5.74) is -0.0219. The van der Waals surface area contributed by atoms with Gasteiger partial charge in [0, 0.05) is 23.6 Å². The Kier molecular flexibility index (Phi) is 3.92. The number of Topliss-reactive ketones (excluding diaryl/α,β-unsaturated/α-hetero) is 1. The van der Waals surface area contributed by atoms with E-state index in [4.69, 9.17) is 5.11 Å². The number of hydrogen-bond donors (Lipinski definition) is 1. The fraction of sp³-hybridized carbons (Fsp3) is 0.273. The van der Waals surface area contributed by atoms with Crippen molar-refractivity contribution in [1.29, 1.82) is 0 Å². The van der Waals surface area contributed by atoms with Gasteiger partial charge in [0.25, 0.3) is 5.69 Å². The molecule has 0 amide bonds. The van der Waals surface area contributed by atoms with Crippen LogP contribution in [0.25, 0.3) is 0 Å². The number of ketones is 1. The summed E-state index contributed by atoms with van der Waals surface area (Å²) in [5, 5.41) is 19.1. The number of nitro groups is 1. The molecule has 6 nitrogen and oxygen atoms in total. The Bertz CT molecular complexity index is 469. The molecule has 0 spiro atoms. The Labute approximate surface area is 97.0 Å². The zero-order valence-corrected chi connectivity index (χ0v) is 9.12. The van der Waals surface area contributed by atoms with Crippen LogP contribution in [0.1, 0.15) is 23.7 Å². The maximum Gasteiger partial charge on any atom is 0.304 e. The van der Waals surface area contributed by atoms with Crippen molar-refractivity contribution in [3.8, 4) is 0 Å². The molecule has 0 aliphatic carbocycles. The zero-order valence-electron chi connectivity index (χ0n) is 9.12. The molecule has 1 aromatic rings. The molecule has 0 radical (unpaired) electrons. The summed E-state index contributed by atoms with van der Waals surface area (Å²) < 4.78 is 0. The predicted octanol–water partition coefficient (Wildman–Crippen LogP) is 1.89. The third-order valence-electron chi connectivity index (χ3n) is 2.27. The van der Waals surface area contributed by atoms with Crippen LogP contribution < -0.4 is 0 Å². The lowest BCUT2D eigenvalue weighted by molar-refractivity contribution is -0.384. The first kappa shape index (κ1) is 12.8. The van der Waals surface area contributed by atoms with E-state index < -0.39 is 22.6 Å². The van der Waals surface area contributed by atoms with Crippen LogP contribution in [0.5, 0.6) is 0 Å². The van der Waals surface area contributed by atoms with E-state index in [2.05, 4.69) is 0 Å². The summed E-state index contributed by atoms with van der Waals surface area (Å²) in [6.07, 6.45) is -0.290. The van der Waals surface area contributed by atoms with E-state index in [1.165, 1.54) is 25.1 Å². The van der Waals surface area contributed by atoms with Crippen LogP contribution >= 0.6 is 0 Å². The van der Waals surface area contributed by atoms with Crippen molar-refractivity contribution in [3.05, 3.63) is 39.9 Å². The highest BCUT2D eigenvalue weighted by molar-refractivity contribution is 5.99. The number of carboxylic acid groups (broad SMARTS) is 1. The van der Waals surface area contributed by atoms with Gasteiger partial charge in [0.2, 0.25) is 0 Å². The van der Waals surface area contributed by atoms with Gasteiger partial charge < -0.3 is 5.11 Å². The van der Waals surface area contributed by atoms with Crippen LogP contribution in [0, 0.1) is 16.0 Å². The fourth-order valence-corrected chi connectivity index (χ4v) is 1.41. The lowest BCUT2D eigenvalue weighted by Gasteiger charge is -2.07. The molecule has 1 unspecified atom stereocenters. The second-order valence-corrected chi connectivity index (χ2v) is 3.67. The van der Waals surface area contributed by atoms with Gasteiger partial charge in [-0.1, -0.05) is 19.1 Å². The quantitative estimate of drug-likeness (QED) is 0.479. The summed E-state index contributed by atoms with van der Waals surface area (Å²) in [6, 6.07) is 5.27. The smallest absolute Gasteiger partial charge is 0.304 e. The number of aliphatic carboxylic acids is 1. The molecular weight excluding hydrogens is 226 g/mol. The molecule has 90 valence electrons. The molecule has 1 N–H and O–H groups in total. The first-order chi connectivity index (χ1) is 7.91. The Morgan fingerprint density at radius 3 is 2.65 bits per heavy atom. The van der Waals surface area contributed by atoms with Crippen LogP contribution in [-0.4, -0.2) is 21.8 Å². The molecule has 0 aliphatic heterocycles. The summed E-state index contributed by atoms with van der Waals surface area (Å²) in [6.45, 7) is 1.48. The minimum Gasteiger partial charge on any atom is -0.481 e. The van der Waals surface area contributed by atoms with Crippen molar-refractivity contribution in [1.82, 2.24) is 0 Å². The molecule has 0 aromatic heterocycles. The molecule has 1 rings (SSSR count). The first-order valence-corrected chi connectivity index (χ1v) is 4.92. The standard InChI is InChI=1S/C11H11NO5/c1-7(5-10(13)14)11(15)8-3-2-4-9(6-8)12(16)17/h2-4,6-7H,5H2,1H3,(H,13,14). The van der Waals surface area contributed by atoms with Crippen LogP contribution in [0.4, 0.5) is 5.69 Å². The minimum absolute atomic E-state index is 0.160. The predicted molar refractivity (Wildman–Crippen MR) is 58.8 cm³/mol. The third kappa shape index (κ3) is 3.37. The number of non-ortho nitro benzene ring substituents is 1. The summed E-state index contributed by atoms with van der Waals surface area (Å²) in [5.74, 6) is -2.18. The van der Waals surface area contributed by atoms with Crippen LogP contribution in [0.2, 0.25) is 0 Å². The fourth-order valence-electron chi connectivity index (χ4n) is 1.41. The van der Waals surface area contributed by atoms with Crippen molar-refractivity contribution in [2.45, 2.75) is 13.3 Å². The van der Waals surface area contributed by atoms with Crippen LogP contribution in [-0.2, 0) is 4.79 Å². The number of rotatable bonds is 5. The number of nitrogens with zero attached hydrogens (tertiary/aromatic N) is 1. The molecule has 0 heterocycles. The molecule has 0 saturated heterocycles. The van der Waals surface area contributed by atoms with Crippen molar-refractivity contribution >= 4 is 17.4 Å². The monoisotopic (exact) mass is 237 g/mol. The van der Waals surface area contributed by atoms with Crippen LogP contribution in [0.15, 0.2) is 24.3 Å². The molecule has 1 aromatic carbocycles. The topological polar surface area (TPSA) is 97.5 Å². The normalized spacial score (nSPS) is 11.8. The van der Waals surface area contributed by atoms with Gasteiger partial charge >= 0.3 is 5.97 Å². The molecule has 0 fully saturated rings. The van der Waals surface area contributed by atoms with Gasteiger partial charge in [0.1, 0.15) is 0 Å². The highest BCUT2D eigenvalue weighted by Crippen LogP contribution is 2.17. The summed E-state index contributed by atoms with van der Waals surface area (Å²) in [4.78, 5) is 32.2. The van der Waals surface area contributed by atoms with Gasteiger partial charge in [-0.2, -0.15) is 0 Å². The molecule has 6 heteroatoms. The van der Waals surface area contributed by atoms with Gasteiger partial charge in [-0.3, -0.25) is 19.7 Å². The van der Waals surface area contributed by atoms with Crippen molar-refractivity contribution in [2.75, 3.05) is 0 Å². The Balaban J connectivity index is 2.92. The number of nitro benzene ring substituents is 1. The third-order valence-corrected chi connectivity index (χ3v) is 2.27. The number of carboxylic acids is 1. The lowest BCUT2D eigenvalue weighted by Crippen LogP contribution is -2.15. The number of carbonyl (C=O) groups is 2. The average molecular weight is 237 g/mol. The van der Waals surface area contributed by atoms with Gasteiger partial charge in [0.15, 0.2) is 5.78 Å². The van der Waals surface area contributed by atoms with Crippen molar-refractivity contribution in [2.24, 2.45) is 5.92 Å². The van der Waals surface area contributed by atoms with E-state index >= 15 is 0 Å². The zero-order chi connectivity index (χ0) is 13.0. The van der Waals surface area contributed by atoms with Crippen molar-refractivity contribution < 1.29 is 19.6 Å². The van der Waals surface area contributed by atoms with Crippen LogP contribution in [0.3, 0.4) is 0 Å². The second kappa shape index (κ2) is 5.20. The molecular formula is C11H11NO5. The van der Waals surface area contributed by atoms with E-state index in [9.17, 15) is 19.7 Å². The first-order valence-electron chi connectivity index (χ1n) is 4.92. The molecule has 17 heavy (non-hydrogen) atoms. The highest BCUT2D eigenvalue weighted by Gasteiger charge is 2.19. The summed E-state index contributed by atoms with van der Waals surface area (Å²) >= 11 is 0. The minimum atomic E-state index is -1.07. The van der Waals surface area contributed by atoms with E-state index in [0.29, 0.717) is 0 Å². The number of hydrogen-bond acceptors (Lipinski definition) is 4. The Hall–Kier alpha value is -2.24. The summed E-state index contributed by atoms with van der Waals surface area (Å²) in [7, 11) is 0. The van der Waals surface area contributed by atoms with Gasteiger partial charge in [-0.15, -0.1) is 0 Å². The Morgan fingerprint density at radius 1 is 1.47 bits per heavy atom. The molecule has 0 bridgehead atoms. The van der Waals surface area contributed by atoms with Gasteiger partial charge in [-0.25, -0.2) is 0 Å². The highest BCUT2D eigenvalue weighted by atomic mass is 16.6. The van der Waals surface area contributed by atoms with E-state index in [0.717, 1.165) is 6.07 Å². The van der Waals surface area contributed by atoms with Gasteiger partial charge in [0.05, 0.1) is 11.3 Å². The lowest BCUT2D eigenvalue weighted by atomic mass is 9.96. The Morgan fingerprint density at radius 2 is 2.12 bits per heavy atom. The van der Waals surface area contributed by atoms with E-state index in [1.807, 2.05) is 0 Å². The molecule has 1 atom stereocenters. The molecule has 0 aliphatic rings. The number of carbonyl (C=O) groups excluding carboxylic acids is 1.